The Morgan fingerprint density at radius 2 is 2.26 bits per heavy atom. The summed E-state index contributed by atoms with van der Waals surface area (Å²) in [5.74, 6) is 0.0345. The molecule has 0 radical (unpaired) electrons. The van der Waals surface area contributed by atoms with Gasteiger partial charge in [0.2, 0.25) is 0 Å². The predicted octanol–water partition coefficient (Wildman–Crippen LogP) is 1.29. The number of hydrogen-bond donors (Lipinski definition) is 0. The van der Waals surface area contributed by atoms with E-state index in [0.29, 0.717) is 19.6 Å². The molecule has 1 aliphatic rings. The number of nitrogens with zero attached hydrogens (tertiary/aromatic N) is 6. The van der Waals surface area contributed by atoms with E-state index in [9.17, 15) is 13.6 Å². The van der Waals surface area contributed by atoms with Crippen molar-refractivity contribution in [2.24, 2.45) is 5.92 Å². The van der Waals surface area contributed by atoms with Gasteiger partial charge in [0, 0.05) is 25.8 Å². The molecule has 1 saturated heterocycles. The van der Waals surface area contributed by atoms with Crippen LogP contribution in [0.5, 0.6) is 0 Å². The summed E-state index contributed by atoms with van der Waals surface area (Å²) in [7, 11) is 0. The monoisotopic (exact) mass is 324 g/mol. The van der Waals surface area contributed by atoms with Gasteiger partial charge >= 0.3 is 0 Å². The topological polar surface area (TPSA) is 68.8 Å². The maximum atomic E-state index is 12.6. The number of alkyl halides is 2. The van der Waals surface area contributed by atoms with Gasteiger partial charge in [0.1, 0.15) is 24.9 Å². The van der Waals surface area contributed by atoms with Crippen LogP contribution in [-0.4, -0.2) is 54.9 Å². The van der Waals surface area contributed by atoms with Crippen LogP contribution in [0.1, 0.15) is 23.3 Å². The molecule has 23 heavy (non-hydrogen) atoms. The first-order valence-electron chi connectivity index (χ1n) is 7.55. The molecule has 2 aromatic rings. The smallest absolute Gasteiger partial charge is 0.272 e. The lowest BCUT2D eigenvalue weighted by Gasteiger charge is -2.32. The van der Waals surface area contributed by atoms with Gasteiger partial charge in [0.05, 0.1) is 0 Å². The third kappa shape index (κ3) is 3.72. The van der Waals surface area contributed by atoms with E-state index in [-0.39, 0.29) is 17.5 Å². The summed E-state index contributed by atoms with van der Waals surface area (Å²) < 4.78 is 27.9. The second kappa shape index (κ2) is 6.84. The molecule has 0 aromatic carbocycles. The molecule has 3 heterocycles. The van der Waals surface area contributed by atoms with Crippen molar-refractivity contribution in [3.8, 4) is 0 Å². The Kier molecular flexibility index (Phi) is 4.63. The van der Waals surface area contributed by atoms with Crippen LogP contribution >= 0.6 is 0 Å². The van der Waals surface area contributed by atoms with Gasteiger partial charge in [-0.25, -0.2) is 13.8 Å². The molecule has 0 saturated carbocycles. The van der Waals surface area contributed by atoms with Crippen LogP contribution in [0, 0.1) is 5.92 Å². The lowest BCUT2D eigenvalue weighted by molar-refractivity contribution is 0.0636. The standard InChI is InChI=1S/C14H18F2N6O/c15-13(16)8-22-12(3-4-18-22)14(23)20-5-1-2-11(6-20)7-21-10-17-9-19-21/h3-4,9-11,13H,1-2,5-8H2. The first-order valence-corrected chi connectivity index (χ1v) is 7.55. The van der Waals surface area contributed by atoms with Crippen LogP contribution in [0.4, 0.5) is 8.78 Å². The molecular weight excluding hydrogens is 306 g/mol. The largest absolute Gasteiger partial charge is 0.337 e. The second-order valence-corrected chi connectivity index (χ2v) is 5.67. The SMILES string of the molecule is O=C(c1ccnn1CC(F)F)N1CCCC(Cn2cncn2)C1. The van der Waals surface area contributed by atoms with Crippen LogP contribution in [0.25, 0.3) is 0 Å². The van der Waals surface area contributed by atoms with Crippen molar-refractivity contribution < 1.29 is 13.6 Å². The lowest BCUT2D eigenvalue weighted by Crippen LogP contribution is -2.42. The maximum Gasteiger partial charge on any atom is 0.272 e. The number of amides is 1. The molecule has 7 nitrogen and oxygen atoms in total. The number of hydrogen-bond acceptors (Lipinski definition) is 4. The number of likely N-dealkylation sites (tertiary alicyclic amines) is 1. The first kappa shape index (κ1) is 15.6. The fraction of sp³-hybridized carbons (Fsp3) is 0.571. The minimum atomic E-state index is -2.54. The van der Waals surface area contributed by atoms with Crippen molar-refractivity contribution in [3.05, 3.63) is 30.6 Å². The number of carbonyl (C=O) groups is 1. The molecule has 1 aliphatic heterocycles. The number of piperidine rings is 1. The fourth-order valence-corrected chi connectivity index (χ4v) is 2.94. The zero-order valence-corrected chi connectivity index (χ0v) is 12.6. The third-order valence-electron chi connectivity index (χ3n) is 3.96. The van der Waals surface area contributed by atoms with Crippen molar-refractivity contribution in [3.63, 3.8) is 0 Å². The normalized spacial score (nSPS) is 18.6. The zero-order chi connectivity index (χ0) is 16.2. The molecule has 0 aliphatic carbocycles. The number of rotatable bonds is 5. The Morgan fingerprint density at radius 3 is 3.00 bits per heavy atom. The Bertz CT molecular complexity index is 641. The van der Waals surface area contributed by atoms with E-state index < -0.39 is 13.0 Å². The highest BCUT2D eigenvalue weighted by atomic mass is 19.3. The van der Waals surface area contributed by atoms with E-state index >= 15 is 0 Å². The molecule has 1 amide bonds. The average Bonchev–Trinajstić information content (AvgIpc) is 3.18. The van der Waals surface area contributed by atoms with Crippen LogP contribution in [0.3, 0.4) is 0 Å². The molecule has 1 fully saturated rings. The quantitative estimate of drug-likeness (QED) is 0.831. The minimum absolute atomic E-state index is 0.215. The summed E-state index contributed by atoms with van der Waals surface area (Å²) in [6.45, 7) is 1.34. The Hall–Kier alpha value is -2.32. The average molecular weight is 324 g/mol. The fourth-order valence-electron chi connectivity index (χ4n) is 2.94. The minimum Gasteiger partial charge on any atom is -0.337 e. The highest BCUT2D eigenvalue weighted by Gasteiger charge is 2.27. The number of carbonyl (C=O) groups excluding carboxylic acids is 1. The van der Waals surface area contributed by atoms with Crippen LogP contribution in [0.15, 0.2) is 24.9 Å². The van der Waals surface area contributed by atoms with Crippen molar-refractivity contribution >= 4 is 5.91 Å². The molecule has 1 atom stereocenters. The van der Waals surface area contributed by atoms with E-state index in [2.05, 4.69) is 15.2 Å². The maximum absolute atomic E-state index is 12.6. The van der Waals surface area contributed by atoms with Crippen LogP contribution < -0.4 is 0 Å². The summed E-state index contributed by atoms with van der Waals surface area (Å²) in [4.78, 5) is 18.2. The Balaban J connectivity index is 1.66. The zero-order valence-electron chi connectivity index (χ0n) is 12.6. The van der Waals surface area contributed by atoms with Gasteiger partial charge in [-0.05, 0) is 24.8 Å². The van der Waals surface area contributed by atoms with E-state index in [0.717, 1.165) is 17.5 Å². The van der Waals surface area contributed by atoms with Crippen LogP contribution in [-0.2, 0) is 13.1 Å². The van der Waals surface area contributed by atoms with E-state index in [1.807, 2.05) is 0 Å². The van der Waals surface area contributed by atoms with Crippen molar-refractivity contribution in [1.82, 2.24) is 29.4 Å². The molecule has 0 bridgehead atoms. The van der Waals surface area contributed by atoms with Gasteiger partial charge in [-0.15, -0.1) is 0 Å². The summed E-state index contributed by atoms with van der Waals surface area (Å²) in [5.41, 5.74) is 0.215. The predicted molar refractivity (Wildman–Crippen MR) is 76.9 cm³/mol. The molecule has 3 rings (SSSR count). The van der Waals surface area contributed by atoms with Gasteiger partial charge in [-0.3, -0.25) is 14.2 Å². The molecule has 9 heteroatoms. The van der Waals surface area contributed by atoms with E-state index in [1.54, 1.807) is 15.9 Å². The second-order valence-electron chi connectivity index (χ2n) is 5.67. The molecule has 0 spiro atoms. The van der Waals surface area contributed by atoms with Crippen molar-refractivity contribution in [1.29, 1.82) is 0 Å². The van der Waals surface area contributed by atoms with Crippen LogP contribution in [0.2, 0.25) is 0 Å². The Morgan fingerprint density at radius 1 is 1.39 bits per heavy atom. The molecule has 0 N–H and O–H groups in total. The summed E-state index contributed by atoms with van der Waals surface area (Å²) in [5, 5.41) is 7.90. The van der Waals surface area contributed by atoms with Crippen molar-refractivity contribution in [2.45, 2.75) is 32.4 Å². The van der Waals surface area contributed by atoms with Gasteiger partial charge in [-0.2, -0.15) is 10.2 Å². The summed E-state index contributed by atoms with van der Waals surface area (Å²) in [6, 6.07) is 1.49. The summed E-state index contributed by atoms with van der Waals surface area (Å²) in [6.07, 6.45) is 3.86. The Labute approximate surface area is 131 Å². The molecule has 124 valence electrons. The van der Waals surface area contributed by atoms with Gasteiger partial charge in [0.15, 0.2) is 0 Å². The highest BCUT2D eigenvalue weighted by Crippen LogP contribution is 2.20. The third-order valence-corrected chi connectivity index (χ3v) is 3.96. The summed E-state index contributed by atoms with van der Waals surface area (Å²) >= 11 is 0. The number of halogens is 2. The van der Waals surface area contributed by atoms with Crippen molar-refractivity contribution in [2.75, 3.05) is 13.1 Å². The molecule has 2 aromatic heterocycles. The van der Waals surface area contributed by atoms with Gasteiger partial charge in [0.25, 0.3) is 12.3 Å². The first-order chi connectivity index (χ1) is 11.1. The van der Waals surface area contributed by atoms with E-state index in [4.69, 9.17) is 0 Å². The highest BCUT2D eigenvalue weighted by molar-refractivity contribution is 5.92. The number of aromatic nitrogens is 5. The molecule has 1 unspecified atom stereocenters. The van der Waals surface area contributed by atoms with Gasteiger partial charge in [-0.1, -0.05) is 0 Å². The lowest BCUT2D eigenvalue weighted by atomic mass is 9.98. The van der Waals surface area contributed by atoms with E-state index in [1.165, 1.54) is 18.6 Å². The molecular formula is C14H18F2N6O. The van der Waals surface area contributed by atoms with Gasteiger partial charge < -0.3 is 4.90 Å².